The zero-order valence-corrected chi connectivity index (χ0v) is 11.5. The number of nitrogens with two attached hydrogens (primary N) is 1. The molecule has 3 nitrogen and oxygen atoms in total. The van der Waals surface area contributed by atoms with Crippen LogP contribution < -0.4 is 10.5 Å². The van der Waals surface area contributed by atoms with E-state index in [0.29, 0.717) is 5.75 Å². The predicted molar refractivity (Wildman–Crippen MR) is 67.9 cm³/mol. The fourth-order valence-electron chi connectivity index (χ4n) is 1.84. The summed E-state index contributed by atoms with van der Waals surface area (Å²) in [6.07, 6.45) is 0.728. The van der Waals surface area contributed by atoms with Gasteiger partial charge in [-0.2, -0.15) is 0 Å². The topological polar surface area (TPSA) is 52.3 Å². The number of carbonyl (C=O) groups excluding carboxylic acids is 1. The monoisotopic (exact) mass is 285 g/mol. The number of methoxy groups -OCH3 is 1. The van der Waals surface area contributed by atoms with Crippen LogP contribution in [-0.2, 0) is 4.79 Å². The fourth-order valence-corrected chi connectivity index (χ4v) is 2.35. The summed E-state index contributed by atoms with van der Waals surface area (Å²) in [5, 5.41) is 0. The Balaban J connectivity index is 3.63. The van der Waals surface area contributed by atoms with Crippen LogP contribution in [0.15, 0.2) is 4.47 Å². The van der Waals surface area contributed by atoms with Gasteiger partial charge < -0.3 is 15.3 Å². The van der Waals surface area contributed by atoms with Crippen LogP contribution in [0.25, 0.3) is 0 Å². The fraction of sp³-hybridized carbons (Fsp3) is 0.417. The van der Waals surface area contributed by atoms with Gasteiger partial charge in [-0.1, -0.05) is 15.9 Å². The minimum Gasteiger partial charge on any atom is -0.496 e. The van der Waals surface area contributed by atoms with Crippen molar-refractivity contribution in [2.45, 2.75) is 26.8 Å². The molecule has 0 fully saturated rings. The van der Waals surface area contributed by atoms with E-state index < -0.39 is 6.04 Å². The van der Waals surface area contributed by atoms with Gasteiger partial charge in [-0.05, 0) is 37.5 Å². The molecule has 0 spiro atoms. The molecule has 0 saturated carbocycles. The van der Waals surface area contributed by atoms with Gasteiger partial charge in [0.05, 0.1) is 13.2 Å². The molecule has 4 heteroatoms. The highest BCUT2D eigenvalue weighted by atomic mass is 79.9. The first kappa shape index (κ1) is 13.2. The number of ether oxygens (including phenoxy) is 1. The van der Waals surface area contributed by atoms with E-state index in [1.807, 2.05) is 20.8 Å². The first-order valence-electron chi connectivity index (χ1n) is 4.99. The summed E-state index contributed by atoms with van der Waals surface area (Å²) in [5.74, 6) is 0.706. The minimum absolute atomic E-state index is 0.648. The zero-order valence-electron chi connectivity index (χ0n) is 9.93. The standard InChI is InChI=1S/C12H16BrNO2/c1-6-7(2)12(16-4)10(9(14)5-15)8(3)11(6)13/h5,9H,14H2,1-4H3. The summed E-state index contributed by atoms with van der Waals surface area (Å²) in [4.78, 5) is 10.8. The van der Waals surface area contributed by atoms with Crippen LogP contribution in [-0.4, -0.2) is 13.4 Å². The van der Waals surface area contributed by atoms with Crippen LogP contribution in [0.4, 0.5) is 0 Å². The molecule has 0 bridgehead atoms. The van der Waals surface area contributed by atoms with Crippen molar-refractivity contribution < 1.29 is 9.53 Å². The van der Waals surface area contributed by atoms with Gasteiger partial charge in [0, 0.05) is 10.0 Å². The molecule has 0 aliphatic carbocycles. The summed E-state index contributed by atoms with van der Waals surface area (Å²) in [5.41, 5.74) is 9.62. The molecule has 0 radical (unpaired) electrons. The normalized spacial score (nSPS) is 12.4. The van der Waals surface area contributed by atoms with Crippen molar-refractivity contribution in [3.05, 3.63) is 26.7 Å². The van der Waals surface area contributed by atoms with E-state index >= 15 is 0 Å². The van der Waals surface area contributed by atoms with Gasteiger partial charge >= 0.3 is 0 Å². The van der Waals surface area contributed by atoms with E-state index in [2.05, 4.69) is 15.9 Å². The average Bonchev–Trinajstić information content (AvgIpc) is 2.29. The summed E-state index contributed by atoms with van der Waals surface area (Å²) < 4.78 is 6.34. The van der Waals surface area contributed by atoms with Gasteiger partial charge in [-0.25, -0.2) is 0 Å². The predicted octanol–water partition coefficient (Wildman–Crippen LogP) is 2.58. The Kier molecular flexibility index (Phi) is 4.10. The molecule has 0 amide bonds. The van der Waals surface area contributed by atoms with Crippen molar-refractivity contribution in [1.29, 1.82) is 0 Å². The highest BCUT2D eigenvalue weighted by Crippen LogP contribution is 2.38. The molecule has 0 saturated heterocycles. The molecule has 0 aliphatic heterocycles. The zero-order chi connectivity index (χ0) is 12.5. The third-order valence-electron chi connectivity index (χ3n) is 2.89. The van der Waals surface area contributed by atoms with Crippen LogP contribution in [0.2, 0.25) is 0 Å². The van der Waals surface area contributed by atoms with Gasteiger partial charge in [0.15, 0.2) is 0 Å². The summed E-state index contributed by atoms with van der Waals surface area (Å²) in [7, 11) is 1.59. The van der Waals surface area contributed by atoms with E-state index in [-0.39, 0.29) is 0 Å². The third-order valence-corrected chi connectivity index (χ3v) is 4.08. The SMILES string of the molecule is COc1c(C)c(C)c(Br)c(C)c1C(N)C=O. The van der Waals surface area contributed by atoms with Gasteiger partial charge in [0.25, 0.3) is 0 Å². The van der Waals surface area contributed by atoms with E-state index in [0.717, 1.165) is 33.0 Å². The van der Waals surface area contributed by atoms with Crippen molar-refractivity contribution in [3.8, 4) is 5.75 Å². The Bertz CT molecular complexity index is 430. The number of halogens is 1. The molecule has 88 valence electrons. The van der Waals surface area contributed by atoms with Gasteiger partial charge in [-0.3, -0.25) is 0 Å². The second-order valence-corrected chi connectivity index (χ2v) is 4.59. The number of hydrogen-bond acceptors (Lipinski definition) is 3. The molecular weight excluding hydrogens is 270 g/mol. The summed E-state index contributed by atoms with van der Waals surface area (Å²) in [6, 6.07) is -0.648. The quantitative estimate of drug-likeness (QED) is 0.869. The highest BCUT2D eigenvalue weighted by Gasteiger charge is 2.20. The lowest BCUT2D eigenvalue weighted by Crippen LogP contribution is -2.16. The van der Waals surface area contributed by atoms with Crippen LogP contribution >= 0.6 is 15.9 Å². The van der Waals surface area contributed by atoms with Crippen molar-refractivity contribution in [1.82, 2.24) is 0 Å². The molecule has 16 heavy (non-hydrogen) atoms. The lowest BCUT2D eigenvalue weighted by atomic mass is 9.95. The molecule has 1 aromatic rings. The summed E-state index contributed by atoms with van der Waals surface area (Å²) in [6.45, 7) is 5.89. The van der Waals surface area contributed by atoms with Gasteiger partial charge in [0.2, 0.25) is 0 Å². The number of carbonyl (C=O) groups is 1. The Labute approximate surface area is 104 Å². The highest BCUT2D eigenvalue weighted by molar-refractivity contribution is 9.10. The molecule has 0 heterocycles. The molecule has 1 unspecified atom stereocenters. The first-order chi connectivity index (χ1) is 7.45. The van der Waals surface area contributed by atoms with Crippen LogP contribution in [0.5, 0.6) is 5.75 Å². The molecule has 1 atom stereocenters. The molecular formula is C12H16BrNO2. The number of aldehydes is 1. The lowest BCUT2D eigenvalue weighted by molar-refractivity contribution is -0.109. The molecule has 2 N–H and O–H groups in total. The van der Waals surface area contributed by atoms with Crippen LogP contribution in [0, 0.1) is 20.8 Å². The average molecular weight is 286 g/mol. The second kappa shape index (κ2) is 4.97. The smallest absolute Gasteiger partial charge is 0.141 e. The van der Waals surface area contributed by atoms with Crippen molar-refractivity contribution in [3.63, 3.8) is 0 Å². The Morgan fingerprint density at radius 2 is 1.81 bits per heavy atom. The molecule has 0 aromatic heterocycles. The van der Waals surface area contributed by atoms with E-state index in [1.54, 1.807) is 7.11 Å². The van der Waals surface area contributed by atoms with Gasteiger partial charge in [-0.15, -0.1) is 0 Å². The molecule has 1 rings (SSSR count). The third kappa shape index (κ3) is 1.99. The minimum atomic E-state index is -0.648. The lowest BCUT2D eigenvalue weighted by Gasteiger charge is -2.20. The molecule has 0 aliphatic rings. The van der Waals surface area contributed by atoms with E-state index in [1.165, 1.54) is 0 Å². The number of rotatable bonds is 3. The van der Waals surface area contributed by atoms with E-state index in [4.69, 9.17) is 10.5 Å². The van der Waals surface area contributed by atoms with Crippen molar-refractivity contribution in [2.24, 2.45) is 5.73 Å². The molecule has 1 aromatic carbocycles. The number of hydrogen-bond donors (Lipinski definition) is 1. The Morgan fingerprint density at radius 3 is 2.25 bits per heavy atom. The number of benzene rings is 1. The van der Waals surface area contributed by atoms with Crippen molar-refractivity contribution >= 4 is 22.2 Å². The Morgan fingerprint density at radius 1 is 1.25 bits per heavy atom. The summed E-state index contributed by atoms with van der Waals surface area (Å²) >= 11 is 3.51. The van der Waals surface area contributed by atoms with Crippen molar-refractivity contribution in [2.75, 3.05) is 7.11 Å². The van der Waals surface area contributed by atoms with E-state index in [9.17, 15) is 4.79 Å². The van der Waals surface area contributed by atoms with Crippen LogP contribution in [0.3, 0.4) is 0 Å². The van der Waals surface area contributed by atoms with Crippen LogP contribution in [0.1, 0.15) is 28.3 Å². The first-order valence-corrected chi connectivity index (χ1v) is 5.79. The maximum Gasteiger partial charge on any atom is 0.141 e. The maximum atomic E-state index is 10.8. The largest absolute Gasteiger partial charge is 0.496 e. The Hall–Kier alpha value is -0.870. The van der Waals surface area contributed by atoms with Gasteiger partial charge in [0.1, 0.15) is 12.0 Å². The maximum absolute atomic E-state index is 10.8. The second-order valence-electron chi connectivity index (χ2n) is 3.80.